The molecule has 0 aromatic heterocycles. The second kappa shape index (κ2) is 9.22. The average Bonchev–Trinajstić information content (AvgIpc) is 2.68. The highest BCUT2D eigenvalue weighted by molar-refractivity contribution is 7.89. The topological polar surface area (TPSA) is 75.3 Å². The third-order valence-corrected chi connectivity index (χ3v) is 7.92. The molecule has 5 nitrogen and oxygen atoms in total. The number of benzene rings is 2. The number of carbonyl (C=O) groups is 1. The van der Waals surface area contributed by atoms with Gasteiger partial charge in [-0.15, -0.1) is 0 Å². The zero-order valence-corrected chi connectivity index (χ0v) is 18.9. The van der Waals surface area contributed by atoms with Crippen LogP contribution in [0.1, 0.15) is 43.5 Å². The number of nitrogens with one attached hydrogen (secondary N) is 2. The van der Waals surface area contributed by atoms with Crippen molar-refractivity contribution in [3.05, 3.63) is 57.8 Å². The second-order valence-corrected chi connectivity index (χ2v) is 10.2. The van der Waals surface area contributed by atoms with Gasteiger partial charge in [0.05, 0.1) is 10.0 Å². The Morgan fingerprint density at radius 2 is 1.80 bits per heavy atom. The Labute approximate surface area is 186 Å². The number of hydrogen-bond donors (Lipinski definition) is 2. The monoisotopic (exact) mass is 472 g/mol. The Morgan fingerprint density at radius 3 is 2.50 bits per heavy atom. The number of anilines is 1. The van der Waals surface area contributed by atoms with E-state index < -0.39 is 26.6 Å². The number of hydrogen-bond acceptors (Lipinski definition) is 3. The first-order valence-electron chi connectivity index (χ1n) is 9.67. The zero-order chi connectivity index (χ0) is 22.1. The van der Waals surface area contributed by atoms with Crippen LogP contribution in [0.3, 0.4) is 0 Å². The predicted molar refractivity (Wildman–Crippen MR) is 117 cm³/mol. The van der Waals surface area contributed by atoms with Gasteiger partial charge in [0.1, 0.15) is 10.7 Å². The van der Waals surface area contributed by atoms with Crippen LogP contribution < -0.4 is 10.0 Å². The third kappa shape index (κ3) is 5.14. The fourth-order valence-electron chi connectivity index (χ4n) is 3.64. The molecule has 30 heavy (non-hydrogen) atoms. The van der Waals surface area contributed by atoms with Crippen molar-refractivity contribution in [2.75, 3.05) is 5.32 Å². The quantitative estimate of drug-likeness (QED) is 0.603. The molecule has 1 aliphatic rings. The number of halogens is 3. The van der Waals surface area contributed by atoms with Crippen LogP contribution in [-0.2, 0) is 10.0 Å². The first-order chi connectivity index (χ1) is 14.1. The van der Waals surface area contributed by atoms with Crippen molar-refractivity contribution in [1.29, 1.82) is 0 Å². The highest BCUT2D eigenvalue weighted by Crippen LogP contribution is 2.31. The molecule has 0 saturated heterocycles. The Bertz CT molecular complexity index is 1060. The van der Waals surface area contributed by atoms with Crippen LogP contribution in [0.5, 0.6) is 0 Å². The summed E-state index contributed by atoms with van der Waals surface area (Å²) in [6.45, 7) is 4.08. The van der Waals surface area contributed by atoms with Crippen LogP contribution in [0.25, 0.3) is 0 Å². The molecule has 3 rings (SSSR count). The van der Waals surface area contributed by atoms with Crippen molar-refractivity contribution < 1.29 is 17.6 Å². The summed E-state index contributed by atoms with van der Waals surface area (Å²) >= 11 is 11.8. The van der Waals surface area contributed by atoms with Gasteiger partial charge in [-0.25, -0.2) is 17.5 Å². The van der Waals surface area contributed by atoms with Gasteiger partial charge in [-0.3, -0.25) is 4.79 Å². The lowest BCUT2D eigenvalue weighted by Gasteiger charge is -2.34. The number of rotatable bonds is 5. The molecule has 3 atom stereocenters. The van der Waals surface area contributed by atoms with Crippen LogP contribution in [-0.4, -0.2) is 20.4 Å². The number of carbonyl (C=O) groups excluding carboxylic acids is 1. The maximum Gasteiger partial charge on any atom is 0.255 e. The maximum absolute atomic E-state index is 14.4. The minimum Gasteiger partial charge on any atom is -0.322 e. The van der Waals surface area contributed by atoms with E-state index in [1.165, 1.54) is 18.2 Å². The molecule has 0 spiro atoms. The van der Waals surface area contributed by atoms with Gasteiger partial charge in [0, 0.05) is 17.3 Å². The van der Waals surface area contributed by atoms with E-state index in [1.807, 2.05) is 6.92 Å². The first-order valence-corrected chi connectivity index (χ1v) is 11.9. The van der Waals surface area contributed by atoms with Gasteiger partial charge in [0.2, 0.25) is 10.0 Å². The van der Waals surface area contributed by atoms with Crippen molar-refractivity contribution >= 4 is 44.8 Å². The van der Waals surface area contributed by atoms with Gasteiger partial charge in [0.15, 0.2) is 0 Å². The molecule has 9 heteroatoms. The third-order valence-electron chi connectivity index (χ3n) is 5.67. The summed E-state index contributed by atoms with van der Waals surface area (Å²) in [7, 11) is -4.13. The van der Waals surface area contributed by atoms with E-state index in [0.29, 0.717) is 23.0 Å². The van der Waals surface area contributed by atoms with E-state index in [4.69, 9.17) is 23.2 Å². The molecule has 162 valence electrons. The molecule has 0 bridgehead atoms. The molecule has 0 aliphatic heterocycles. The average molecular weight is 473 g/mol. The normalized spacial score (nSPS) is 22.0. The molecule has 2 aromatic rings. The van der Waals surface area contributed by atoms with E-state index in [9.17, 15) is 17.6 Å². The van der Waals surface area contributed by atoms with Crippen molar-refractivity contribution in [1.82, 2.24) is 4.72 Å². The molecule has 1 saturated carbocycles. The molecule has 1 fully saturated rings. The van der Waals surface area contributed by atoms with Gasteiger partial charge >= 0.3 is 0 Å². The molecule has 1 aliphatic carbocycles. The summed E-state index contributed by atoms with van der Waals surface area (Å²) in [6.07, 6.45) is 2.65. The lowest BCUT2D eigenvalue weighted by Crippen LogP contribution is -2.43. The summed E-state index contributed by atoms with van der Waals surface area (Å²) in [5.74, 6) is -0.994. The van der Waals surface area contributed by atoms with Gasteiger partial charge in [-0.2, -0.15) is 0 Å². The van der Waals surface area contributed by atoms with Crippen LogP contribution in [0.2, 0.25) is 10.0 Å². The zero-order valence-electron chi connectivity index (χ0n) is 16.6. The fourth-order valence-corrected chi connectivity index (χ4v) is 5.40. The maximum atomic E-state index is 14.4. The Hall–Kier alpha value is -1.67. The fraction of sp³-hybridized carbons (Fsp3) is 0.381. The number of sulfonamides is 1. The van der Waals surface area contributed by atoms with Crippen LogP contribution >= 0.6 is 23.2 Å². The van der Waals surface area contributed by atoms with Gasteiger partial charge in [-0.05, 0) is 54.7 Å². The van der Waals surface area contributed by atoms with E-state index in [1.54, 1.807) is 6.07 Å². The van der Waals surface area contributed by atoms with Crippen molar-refractivity contribution in [2.24, 2.45) is 11.8 Å². The highest BCUT2D eigenvalue weighted by Gasteiger charge is 2.32. The van der Waals surface area contributed by atoms with E-state index in [2.05, 4.69) is 17.0 Å². The molecule has 1 amide bonds. The van der Waals surface area contributed by atoms with Gasteiger partial charge in [-0.1, -0.05) is 49.9 Å². The lowest BCUT2D eigenvalue weighted by atomic mass is 9.78. The van der Waals surface area contributed by atoms with E-state index in [0.717, 1.165) is 25.0 Å². The van der Waals surface area contributed by atoms with Crippen molar-refractivity contribution in [3.8, 4) is 0 Å². The minimum absolute atomic E-state index is 0.00732. The molecular formula is C21H23Cl2FN2O3S. The largest absolute Gasteiger partial charge is 0.322 e. The highest BCUT2D eigenvalue weighted by atomic mass is 35.5. The molecule has 2 N–H and O–H groups in total. The summed E-state index contributed by atoms with van der Waals surface area (Å²) in [6, 6.07) is 7.53. The summed E-state index contributed by atoms with van der Waals surface area (Å²) in [5, 5.41) is 3.20. The number of amides is 1. The Balaban J connectivity index is 1.83. The van der Waals surface area contributed by atoms with Crippen LogP contribution in [0, 0.1) is 17.7 Å². The minimum atomic E-state index is -4.13. The second-order valence-electron chi connectivity index (χ2n) is 7.72. The molecule has 3 unspecified atom stereocenters. The van der Waals surface area contributed by atoms with Crippen LogP contribution in [0.15, 0.2) is 41.3 Å². The Morgan fingerprint density at radius 1 is 1.07 bits per heavy atom. The first kappa shape index (κ1) is 23.0. The Kier molecular flexibility index (Phi) is 7.07. The van der Waals surface area contributed by atoms with Crippen molar-refractivity contribution in [3.63, 3.8) is 0 Å². The van der Waals surface area contributed by atoms with Crippen LogP contribution in [0.4, 0.5) is 10.1 Å². The van der Waals surface area contributed by atoms with Gasteiger partial charge < -0.3 is 5.32 Å². The van der Waals surface area contributed by atoms with Crippen molar-refractivity contribution in [2.45, 2.75) is 44.0 Å². The predicted octanol–water partition coefficient (Wildman–Crippen LogP) is 5.49. The lowest BCUT2D eigenvalue weighted by molar-refractivity contribution is 0.102. The van der Waals surface area contributed by atoms with E-state index >= 15 is 0 Å². The van der Waals surface area contributed by atoms with Gasteiger partial charge in [0.25, 0.3) is 5.91 Å². The summed E-state index contributed by atoms with van der Waals surface area (Å²) in [4.78, 5) is 12.0. The summed E-state index contributed by atoms with van der Waals surface area (Å²) in [5.41, 5.74) is 0.388. The molecule has 2 aromatic carbocycles. The molecule has 0 heterocycles. The summed E-state index contributed by atoms with van der Waals surface area (Å²) < 4.78 is 42.8. The SMILES string of the molecule is CC1CCCC(NS(=O)(=O)c2cc(C(=O)Nc3ccc(Cl)c(Cl)c3)ccc2F)C1C. The smallest absolute Gasteiger partial charge is 0.255 e. The standard InChI is InChI=1S/C21H23Cl2FN2O3S/c1-12-4-3-5-19(13(12)2)26-30(28,29)20-10-14(6-9-18(20)24)21(27)25-15-7-8-16(22)17(23)11-15/h6-13,19,26H,3-5H2,1-2H3,(H,25,27). The van der Waals surface area contributed by atoms with E-state index in [-0.39, 0.29) is 22.5 Å². The molecule has 0 radical (unpaired) electrons. The molecular weight excluding hydrogens is 450 g/mol.